The smallest absolute Gasteiger partial charge is 0.327 e. The van der Waals surface area contributed by atoms with Crippen LogP contribution in [0.3, 0.4) is 0 Å². The van der Waals surface area contributed by atoms with Gasteiger partial charge >= 0.3 is 5.97 Å². The van der Waals surface area contributed by atoms with Crippen molar-refractivity contribution < 1.29 is 32.3 Å². The van der Waals surface area contributed by atoms with E-state index < -0.39 is 5.97 Å². The van der Waals surface area contributed by atoms with Crippen LogP contribution in [0, 0.1) is 0 Å². The van der Waals surface area contributed by atoms with Crippen LogP contribution in [0.5, 0.6) is 0 Å². The van der Waals surface area contributed by atoms with Crippen molar-refractivity contribution in [3.8, 4) is 0 Å². The van der Waals surface area contributed by atoms with E-state index in [1.165, 1.54) is 0 Å². The fraction of sp³-hybridized carbons (Fsp3) is 0. The van der Waals surface area contributed by atoms with Gasteiger partial charge in [-0.05, 0) is 0 Å². The van der Waals surface area contributed by atoms with Gasteiger partial charge in [-0.15, -0.1) is 0 Å². The van der Waals surface area contributed by atoms with Crippen molar-refractivity contribution in [1.82, 2.24) is 0 Å². The first-order valence-electron chi connectivity index (χ1n) is 1.12. The fourth-order valence-electron chi connectivity index (χ4n) is 0. The SMILES string of the molecule is C=CC(=O)O.[Au]. The molecule has 0 bridgehead atoms. The van der Waals surface area contributed by atoms with Gasteiger partial charge in [-0.2, -0.15) is 0 Å². The van der Waals surface area contributed by atoms with Crippen LogP contribution in [0.2, 0.25) is 0 Å². The Balaban J connectivity index is 0. The molecular weight excluding hydrogens is 265 g/mol. The van der Waals surface area contributed by atoms with Crippen LogP contribution in [0.25, 0.3) is 0 Å². The first-order chi connectivity index (χ1) is 2.27. The summed E-state index contributed by atoms with van der Waals surface area (Å²) >= 11 is 0. The summed E-state index contributed by atoms with van der Waals surface area (Å²) in [6, 6.07) is 0. The summed E-state index contributed by atoms with van der Waals surface area (Å²) in [6.07, 6.45) is 0.833. The molecule has 0 unspecified atom stereocenters. The molecule has 0 atom stereocenters. The minimum absolute atomic E-state index is 0. The van der Waals surface area contributed by atoms with Gasteiger partial charge in [0.1, 0.15) is 0 Å². The van der Waals surface area contributed by atoms with Crippen molar-refractivity contribution in [3.63, 3.8) is 0 Å². The zero-order valence-electron chi connectivity index (χ0n) is 2.94. The zero-order valence-corrected chi connectivity index (χ0v) is 5.11. The molecule has 3 heteroatoms. The minimum Gasteiger partial charge on any atom is -0.478 e. The molecule has 0 aliphatic heterocycles. The Morgan fingerprint density at radius 2 is 2.00 bits per heavy atom. The number of carboxylic acids is 1. The molecule has 0 spiro atoms. The van der Waals surface area contributed by atoms with E-state index in [1.807, 2.05) is 0 Å². The zero-order chi connectivity index (χ0) is 4.28. The van der Waals surface area contributed by atoms with Gasteiger partial charge in [0.05, 0.1) is 0 Å². The Morgan fingerprint density at radius 1 is 1.83 bits per heavy atom. The molecule has 0 saturated carbocycles. The number of aliphatic carboxylic acids is 1. The van der Waals surface area contributed by atoms with Gasteiger partial charge in [0, 0.05) is 28.5 Å². The molecule has 0 fully saturated rings. The van der Waals surface area contributed by atoms with Crippen LogP contribution in [-0.4, -0.2) is 11.1 Å². The second-order valence-electron chi connectivity index (χ2n) is 0.542. The van der Waals surface area contributed by atoms with E-state index in [2.05, 4.69) is 6.58 Å². The van der Waals surface area contributed by atoms with Crippen molar-refractivity contribution in [2.24, 2.45) is 0 Å². The number of hydrogen-bond acceptors (Lipinski definition) is 1. The molecule has 6 heavy (non-hydrogen) atoms. The van der Waals surface area contributed by atoms with Gasteiger partial charge in [-0.3, -0.25) is 0 Å². The molecule has 0 heterocycles. The van der Waals surface area contributed by atoms with Crippen LogP contribution in [0.15, 0.2) is 12.7 Å². The summed E-state index contributed by atoms with van der Waals surface area (Å²) < 4.78 is 0. The molecule has 0 aliphatic carbocycles. The number of carbonyl (C=O) groups is 1. The molecule has 0 aromatic rings. The minimum atomic E-state index is -0.981. The molecule has 0 aliphatic rings. The third-order valence-corrected chi connectivity index (χ3v) is 0.175. The number of hydrogen-bond donors (Lipinski definition) is 1. The maximum Gasteiger partial charge on any atom is 0.327 e. The molecule has 0 saturated heterocycles. The third kappa shape index (κ3) is 9.04. The summed E-state index contributed by atoms with van der Waals surface area (Å²) in [4.78, 5) is 9.25. The van der Waals surface area contributed by atoms with E-state index in [0.717, 1.165) is 6.08 Å². The molecule has 0 aromatic heterocycles. The topological polar surface area (TPSA) is 37.3 Å². The maximum absolute atomic E-state index is 9.25. The average molecular weight is 269 g/mol. The maximum atomic E-state index is 9.25. The first-order valence-corrected chi connectivity index (χ1v) is 1.12. The van der Waals surface area contributed by atoms with Crippen molar-refractivity contribution >= 4 is 5.97 Å². The molecule has 0 rings (SSSR count). The van der Waals surface area contributed by atoms with Crippen LogP contribution < -0.4 is 0 Å². The van der Waals surface area contributed by atoms with E-state index >= 15 is 0 Å². The van der Waals surface area contributed by atoms with Gasteiger partial charge in [-0.1, -0.05) is 6.58 Å². The van der Waals surface area contributed by atoms with Crippen LogP contribution in [-0.2, 0) is 27.2 Å². The van der Waals surface area contributed by atoms with Crippen LogP contribution >= 0.6 is 0 Å². The van der Waals surface area contributed by atoms with Crippen molar-refractivity contribution in [2.75, 3.05) is 0 Å². The predicted octanol–water partition coefficient (Wildman–Crippen LogP) is 0.254. The number of carboxylic acid groups (broad SMARTS) is 1. The van der Waals surface area contributed by atoms with Crippen LogP contribution in [0.1, 0.15) is 0 Å². The second kappa shape index (κ2) is 4.95. The third-order valence-electron chi connectivity index (χ3n) is 0.175. The van der Waals surface area contributed by atoms with Crippen molar-refractivity contribution in [3.05, 3.63) is 12.7 Å². The van der Waals surface area contributed by atoms with Gasteiger partial charge in [0.2, 0.25) is 0 Å². The second-order valence-corrected chi connectivity index (χ2v) is 0.542. The monoisotopic (exact) mass is 269 g/mol. The summed E-state index contributed by atoms with van der Waals surface area (Å²) in [5.74, 6) is -0.981. The summed E-state index contributed by atoms with van der Waals surface area (Å²) in [5, 5.41) is 7.60. The molecule has 1 N–H and O–H groups in total. The fourth-order valence-corrected chi connectivity index (χ4v) is 0. The number of rotatable bonds is 1. The quantitative estimate of drug-likeness (QED) is 0.547. The van der Waals surface area contributed by atoms with Crippen LogP contribution in [0.4, 0.5) is 0 Å². The largest absolute Gasteiger partial charge is 0.478 e. The van der Waals surface area contributed by atoms with E-state index in [9.17, 15) is 4.79 Å². The Hall–Kier alpha value is -0.0497. The Bertz CT molecular complexity index is 59.8. The van der Waals surface area contributed by atoms with Gasteiger partial charge in [0.25, 0.3) is 0 Å². The molecular formula is C3H4AuO2. The molecule has 0 aromatic carbocycles. The van der Waals surface area contributed by atoms with E-state index in [-0.39, 0.29) is 22.4 Å². The Morgan fingerprint density at radius 3 is 2.00 bits per heavy atom. The summed E-state index contributed by atoms with van der Waals surface area (Å²) in [5.41, 5.74) is 0. The molecule has 2 nitrogen and oxygen atoms in total. The molecule has 39 valence electrons. The first kappa shape index (κ1) is 9.34. The Labute approximate surface area is 51.4 Å². The average Bonchev–Trinajstić information content (AvgIpc) is 1.38. The Kier molecular flexibility index (Phi) is 7.71. The standard InChI is InChI=1S/C3H4O2.Au/c1-2-3(4)5;/h2H,1H2,(H,4,5);. The summed E-state index contributed by atoms with van der Waals surface area (Å²) in [7, 11) is 0. The summed E-state index contributed by atoms with van der Waals surface area (Å²) in [6.45, 7) is 2.96. The van der Waals surface area contributed by atoms with E-state index in [4.69, 9.17) is 5.11 Å². The van der Waals surface area contributed by atoms with Gasteiger partial charge in [0.15, 0.2) is 0 Å². The van der Waals surface area contributed by atoms with Crippen molar-refractivity contribution in [1.29, 1.82) is 0 Å². The van der Waals surface area contributed by atoms with Gasteiger partial charge in [-0.25, -0.2) is 4.79 Å². The van der Waals surface area contributed by atoms with E-state index in [1.54, 1.807) is 0 Å². The predicted molar refractivity (Wildman–Crippen MR) is 17.8 cm³/mol. The normalized spacial score (nSPS) is 5.33. The molecule has 0 amide bonds. The van der Waals surface area contributed by atoms with Gasteiger partial charge < -0.3 is 5.11 Å². The molecule has 1 radical (unpaired) electrons. The van der Waals surface area contributed by atoms with Crippen molar-refractivity contribution in [2.45, 2.75) is 0 Å². The van der Waals surface area contributed by atoms with E-state index in [0.29, 0.717) is 0 Å².